The molecular formula is C17H17Cl2NO4. The zero-order valence-corrected chi connectivity index (χ0v) is 14.7. The molecule has 5 nitrogen and oxygen atoms in total. The van der Waals surface area contributed by atoms with E-state index in [4.69, 9.17) is 37.8 Å². The Morgan fingerprint density at radius 3 is 2.50 bits per heavy atom. The number of carboxylic acid groups (broad SMARTS) is 1. The zero-order valence-electron chi connectivity index (χ0n) is 13.2. The number of hydrogen-bond donors (Lipinski definition) is 2. The molecule has 0 fully saturated rings. The third-order valence-corrected chi connectivity index (χ3v) is 3.98. The number of halogens is 2. The topological polar surface area (TPSA) is 67.8 Å². The standard InChI is InChI=1S/C17H17Cl2NO4/c1-3-24-16-8-13(18)10(6-15(16)23-2)9-20-11-4-5-12(17(21)22)14(19)7-11/h4-8,20H,3,9H2,1-2H3,(H,21,22). The third kappa shape index (κ3) is 4.24. The van der Waals surface area contributed by atoms with Crippen LogP contribution in [0.3, 0.4) is 0 Å². The number of rotatable bonds is 7. The van der Waals surface area contributed by atoms with E-state index in [0.717, 1.165) is 5.56 Å². The normalized spacial score (nSPS) is 10.3. The molecule has 2 aromatic carbocycles. The van der Waals surface area contributed by atoms with Crippen molar-refractivity contribution in [2.45, 2.75) is 13.5 Å². The van der Waals surface area contributed by atoms with Crippen molar-refractivity contribution in [3.8, 4) is 11.5 Å². The van der Waals surface area contributed by atoms with Crippen molar-refractivity contribution in [2.75, 3.05) is 19.0 Å². The van der Waals surface area contributed by atoms with Crippen LogP contribution < -0.4 is 14.8 Å². The fraction of sp³-hybridized carbons (Fsp3) is 0.235. The Balaban J connectivity index is 2.17. The van der Waals surface area contributed by atoms with Crippen molar-refractivity contribution in [1.82, 2.24) is 0 Å². The van der Waals surface area contributed by atoms with Crippen molar-refractivity contribution in [2.24, 2.45) is 0 Å². The monoisotopic (exact) mass is 369 g/mol. The molecule has 0 unspecified atom stereocenters. The van der Waals surface area contributed by atoms with Gasteiger partial charge in [0.1, 0.15) is 0 Å². The number of carbonyl (C=O) groups is 1. The molecule has 2 N–H and O–H groups in total. The van der Waals surface area contributed by atoms with Gasteiger partial charge in [-0.15, -0.1) is 0 Å². The SMILES string of the molecule is CCOc1cc(Cl)c(CNc2ccc(C(=O)O)c(Cl)c2)cc1OC. The van der Waals surface area contributed by atoms with E-state index in [1.165, 1.54) is 6.07 Å². The molecule has 0 aliphatic rings. The van der Waals surface area contributed by atoms with Gasteiger partial charge >= 0.3 is 5.97 Å². The Labute approximate surface area is 150 Å². The fourth-order valence-electron chi connectivity index (χ4n) is 2.14. The number of carboxylic acids is 1. The van der Waals surface area contributed by atoms with Crippen LogP contribution in [-0.4, -0.2) is 24.8 Å². The van der Waals surface area contributed by atoms with E-state index in [2.05, 4.69) is 5.32 Å². The molecule has 0 saturated carbocycles. The molecule has 0 amide bonds. The van der Waals surface area contributed by atoms with Crippen LogP contribution in [0.2, 0.25) is 10.0 Å². The number of anilines is 1. The lowest BCUT2D eigenvalue weighted by Gasteiger charge is -2.14. The van der Waals surface area contributed by atoms with E-state index in [1.54, 1.807) is 31.4 Å². The predicted octanol–water partition coefficient (Wildman–Crippen LogP) is 4.71. The van der Waals surface area contributed by atoms with Gasteiger partial charge in [0.15, 0.2) is 11.5 Å². The molecule has 0 aromatic heterocycles. The minimum absolute atomic E-state index is 0.0583. The van der Waals surface area contributed by atoms with E-state index in [0.29, 0.717) is 35.4 Å². The van der Waals surface area contributed by atoms with E-state index in [1.807, 2.05) is 6.92 Å². The summed E-state index contributed by atoms with van der Waals surface area (Å²) in [6.07, 6.45) is 0. The molecule has 0 aliphatic carbocycles. The van der Waals surface area contributed by atoms with Gasteiger partial charge in [-0.25, -0.2) is 4.79 Å². The highest BCUT2D eigenvalue weighted by Gasteiger charge is 2.12. The van der Waals surface area contributed by atoms with Crippen LogP contribution in [0.25, 0.3) is 0 Å². The van der Waals surface area contributed by atoms with Crippen molar-refractivity contribution in [1.29, 1.82) is 0 Å². The van der Waals surface area contributed by atoms with Crippen molar-refractivity contribution in [3.05, 3.63) is 51.5 Å². The second kappa shape index (κ2) is 8.13. The maximum absolute atomic E-state index is 11.0. The van der Waals surface area contributed by atoms with Crippen LogP contribution in [0.15, 0.2) is 30.3 Å². The summed E-state index contributed by atoms with van der Waals surface area (Å²) in [5.41, 5.74) is 1.56. The highest BCUT2D eigenvalue weighted by atomic mass is 35.5. The zero-order chi connectivity index (χ0) is 17.7. The third-order valence-electron chi connectivity index (χ3n) is 3.31. The van der Waals surface area contributed by atoms with Crippen LogP contribution in [0, 0.1) is 0 Å². The first-order valence-corrected chi connectivity index (χ1v) is 7.97. The van der Waals surface area contributed by atoms with Crippen LogP contribution in [-0.2, 0) is 6.54 Å². The Kier molecular flexibility index (Phi) is 6.17. The highest BCUT2D eigenvalue weighted by molar-refractivity contribution is 6.33. The Bertz CT molecular complexity index is 750. The van der Waals surface area contributed by atoms with Crippen molar-refractivity contribution < 1.29 is 19.4 Å². The smallest absolute Gasteiger partial charge is 0.337 e. The average molecular weight is 370 g/mol. The van der Waals surface area contributed by atoms with Gasteiger partial charge in [-0.2, -0.15) is 0 Å². The summed E-state index contributed by atoms with van der Waals surface area (Å²) in [6.45, 7) is 2.82. The molecule has 0 atom stereocenters. The lowest BCUT2D eigenvalue weighted by atomic mass is 10.1. The second-order valence-corrected chi connectivity index (χ2v) is 5.70. The summed E-state index contributed by atoms with van der Waals surface area (Å²) < 4.78 is 10.8. The number of aromatic carboxylic acids is 1. The predicted molar refractivity (Wildman–Crippen MR) is 94.9 cm³/mol. The average Bonchev–Trinajstić information content (AvgIpc) is 2.54. The van der Waals surface area contributed by atoms with Gasteiger partial charge < -0.3 is 19.9 Å². The van der Waals surface area contributed by atoms with Crippen molar-refractivity contribution >= 4 is 34.9 Å². The van der Waals surface area contributed by atoms with E-state index < -0.39 is 5.97 Å². The molecule has 0 bridgehead atoms. The van der Waals surface area contributed by atoms with Crippen LogP contribution >= 0.6 is 23.2 Å². The van der Waals surface area contributed by atoms with E-state index in [-0.39, 0.29) is 10.6 Å². The molecule has 24 heavy (non-hydrogen) atoms. The summed E-state index contributed by atoms with van der Waals surface area (Å²) in [5, 5.41) is 12.8. The Morgan fingerprint density at radius 2 is 1.92 bits per heavy atom. The van der Waals surface area contributed by atoms with Gasteiger partial charge in [-0.3, -0.25) is 0 Å². The fourth-order valence-corrected chi connectivity index (χ4v) is 2.62. The summed E-state index contributed by atoms with van der Waals surface area (Å²) in [4.78, 5) is 11.0. The maximum Gasteiger partial charge on any atom is 0.337 e. The number of benzene rings is 2. The van der Waals surface area contributed by atoms with Crippen LogP contribution in [0.4, 0.5) is 5.69 Å². The minimum atomic E-state index is -1.06. The molecule has 0 saturated heterocycles. The van der Waals surface area contributed by atoms with Gasteiger partial charge in [0.2, 0.25) is 0 Å². The largest absolute Gasteiger partial charge is 0.493 e. The van der Waals surface area contributed by atoms with Crippen LogP contribution in [0.5, 0.6) is 11.5 Å². The number of hydrogen-bond acceptors (Lipinski definition) is 4. The molecule has 7 heteroatoms. The minimum Gasteiger partial charge on any atom is -0.493 e. The summed E-state index contributed by atoms with van der Waals surface area (Å²) in [5.74, 6) is 0.116. The van der Waals surface area contributed by atoms with Gasteiger partial charge in [0, 0.05) is 23.3 Å². The molecule has 2 aromatic rings. The van der Waals surface area contributed by atoms with E-state index >= 15 is 0 Å². The Hall–Kier alpha value is -2.11. The lowest BCUT2D eigenvalue weighted by molar-refractivity contribution is 0.0697. The van der Waals surface area contributed by atoms with Crippen LogP contribution in [0.1, 0.15) is 22.8 Å². The molecule has 0 heterocycles. The lowest BCUT2D eigenvalue weighted by Crippen LogP contribution is -2.03. The summed E-state index contributed by atoms with van der Waals surface area (Å²) >= 11 is 12.2. The van der Waals surface area contributed by atoms with Gasteiger partial charge in [-0.1, -0.05) is 23.2 Å². The van der Waals surface area contributed by atoms with Gasteiger partial charge in [-0.05, 0) is 36.8 Å². The van der Waals surface area contributed by atoms with Crippen molar-refractivity contribution in [3.63, 3.8) is 0 Å². The molecule has 2 rings (SSSR count). The molecule has 0 aliphatic heterocycles. The van der Waals surface area contributed by atoms with Gasteiger partial charge in [0.25, 0.3) is 0 Å². The molecule has 0 spiro atoms. The number of nitrogens with one attached hydrogen (secondary N) is 1. The molecular weight excluding hydrogens is 353 g/mol. The number of ether oxygens (including phenoxy) is 2. The second-order valence-electron chi connectivity index (χ2n) is 4.88. The molecule has 128 valence electrons. The van der Waals surface area contributed by atoms with Gasteiger partial charge in [0.05, 0.1) is 24.3 Å². The van der Waals surface area contributed by atoms with E-state index in [9.17, 15) is 4.79 Å². The quantitative estimate of drug-likeness (QED) is 0.739. The Morgan fingerprint density at radius 1 is 1.17 bits per heavy atom. The first kappa shape index (κ1) is 18.2. The maximum atomic E-state index is 11.0. The number of methoxy groups -OCH3 is 1. The summed E-state index contributed by atoms with van der Waals surface area (Å²) in [7, 11) is 1.56. The molecule has 0 radical (unpaired) electrons. The first-order valence-electron chi connectivity index (χ1n) is 7.22. The highest BCUT2D eigenvalue weighted by Crippen LogP contribution is 2.34. The first-order chi connectivity index (χ1) is 11.5. The summed E-state index contributed by atoms with van der Waals surface area (Å²) in [6, 6.07) is 8.17.